The minimum Gasteiger partial charge on any atom is -0.506 e. The van der Waals surface area contributed by atoms with Gasteiger partial charge < -0.3 is 19.5 Å². The normalized spacial score (nSPS) is 17.3. The summed E-state index contributed by atoms with van der Waals surface area (Å²) < 4.78 is 10.8. The second-order valence-electron chi connectivity index (χ2n) is 6.06. The van der Waals surface area contributed by atoms with Gasteiger partial charge in [-0.15, -0.1) is 0 Å². The van der Waals surface area contributed by atoms with Gasteiger partial charge >= 0.3 is 0 Å². The maximum atomic E-state index is 9.99. The van der Waals surface area contributed by atoms with Crippen LogP contribution in [0, 0.1) is 0 Å². The molecule has 0 spiro atoms. The summed E-state index contributed by atoms with van der Waals surface area (Å²) >= 11 is 6.25. The summed E-state index contributed by atoms with van der Waals surface area (Å²) in [7, 11) is 0. The highest BCUT2D eigenvalue weighted by atomic mass is 35.5. The Morgan fingerprint density at radius 1 is 1.04 bits per heavy atom. The maximum absolute atomic E-state index is 9.99. The fraction of sp³-hybridized carbons (Fsp3) is 0.333. The van der Waals surface area contributed by atoms with E-state index in [-0.39, 0.29) is 6.79 Å². The number of hydrogen-bond donors (Lipinski definition) is 1. The number of fused-ring (bicyclic) bond motifs is 1. The molecule has 2 aromatic rings. The highest BCUT2D eigenvalue weighted by Crippen LogP contribution is 2.40. The van der Waals surface area contributed by atoms with E-state index < -0.39 is 0 Å². The molecule has 2 aliphatic heterocycles. The number of aromatic hydroxyl groups is 1. The summed E-state index contributed by atoms with van der Waals surface area (Å²) in [5, 5.41) is 10.6. The van der Waals surface area contributed by atoms with Gasteiger partial charge in [-0.1, -0.05) is 23.7 Å². The van der Waals surface area contributed by atoms with Crippen molar-refractivity contribution in [3.63, 3.8) is 0 Å². The van der Waals surface area contributed by atoms with Gasteiger partial charge in [0.2, 0.25) is 6.79 Å². The lowest BCUT2D eigenvalue weighted by molar-refractivity contribution is 0.174. The smallest absolute Gasteiger partial charge is 0.231 e. The van der Waals surface area contributed by atoms with E-state index in [1.54, 1.807) is 6.07 Å². The van der Waals surface area contributed by atoms with Crippen LogP contribution in [-0.4, -0.2) is 43.0 Å². The molecule has 126 valence electrons. The van der Waals surface area contributed by atoms with E-state index in [9.17, 15) is 5.11 Å². The van der Waals surface area contributed by atoms with E-state index in [1.165, 1.54) is 0 Å². The molecule has 2 aliphatic rings. The second-order valence-corrected chi connectivity index (χ2v) is 6.47. The summed E-state index contributed by atoms with van der Waals surface area (Å²) in [6, 6.07) is 11.4. The molecule has 0 unspecified atom stereocenters. The molecule has 1 N–H and O–H groups in total. The van der Waals surface area contributed by atoms with E-state index in [1.807, 2.05) is 30.3 Å². The zero-order valence-electron chi connectivity index (χ0n) is 13.2. The molecule has 1 saturated heterocycles. The Balaban J connectivity index is 1.40. The van der Waals surface area contributed by atoms with Gasteiger partial charge in [0.15, 0.2) is 11.5 Å². The first-order chi connectivity index (χ1) is 11.7. The fourth-order valence-electron chi connectivity index (χ4n) is 3.25. The third kappa shape index (κ3) is 2.97. The molecule has 0 atom stereocenters. The van der Waals surface area contributed by atoms with Gasteiger partial charge in [0.1, 0.15) is 5.75 Å². The number of para-hydroxylation sites is 2. The van der Waals surface area contributed by atoms with Gasteiger partial charge in [0.25, 0.3) is 0 Å². The molecule has 0 amide bonds. The monoisotopic (exact) mass is 346 g/mol. The van der Waals surface area contributed by atoms with Crippen LogP contribution in [0.3, 0.4) is 0 Å². The van der Waals surface area contributed by atoms with E-state index in [2.05, 4.69) is 9.80 Å². The Morgan fingerprint density at radius 3 is 2.62 bits per heavy atom. The molecule has 6 heteroatoms. The zero-order chi connectivity index (χ0) is 16.5. The molecule has 0 aliphatic carbocycles. The number of halogens is 1. The van der Waals surface area contributed by atoms with Crippen molar-refractivity contribution < 1.29 is 14.6 Å². The lowest BCUT2D eigenvalue weighted by atomic mass is 10.1. The van der Waals surface area contributed by atoms with Gasteiger partial charge in [-0.3, -0.25) is 4.90 Å². The van der Waals surface area contributed by atoms with Crippen LogP contribution >= 0.6 is 11.6 Å². The standard InChI is InChI=1S/C18H19ClN2O3/c19-14-9-13(10-17-18(14)24-12-23-17)11-20-5-7-21(8-6-20)15-3-1-2-4-16(15)22/h1-4,9-10,22H,5-8,11-12H2. The number of ether oxygens (including phenoxy) is 2. The number of rotatable bonds is 3. The summed E-state index contributed by atoms with van der Waals surface area (Å²) in [6.45, 7) is 4.69. The minimum absolute atomic E-state index is 0.234. The number of nitrogens with zero attached hydrogens (tertiary/aromatic N) is 2. The van der Waals surface area contributed by atoms with Gasteiger partial charge in [0, 0.05) is 32.7 Å². The van der Waals surface area contributed by atoms with E-state index in [0.29, 0.717) is 16.5 Å². The molecule has 2 aromatic carbocycles. The van der Waals surface area contributed by atoms with Crippen molar-refractivity contribution in [1.82, 2.24) is 4.90 Å². The summed E-state index contributed by atoms with van der Waals surface area (Å²) in [5.41, 5.74) is 2.03. The average molecular weight is 347 g/mol. The lowest BCUT2D eigenvalue weighted by Crippen LogP contribution is -2.45. The van der Waals surface area contributed by atoms with Crippen LogP contribution < -0.4 is 14.4 Å². The second kappa shape index (κ2) is 6.42. The Labute approximate surface area is 146 Å². The SMILES string of the molecule is Oc1ccccc1N1CCN(Cc2cc(Cl)c3c(c2)OCO3)CC1. The predicted octanol–water partition coefficient (Wildman–Crippen LogP) is 3.10. The first kappa shape index (κ1) is 15.4. The third-order valence-electron chi connectivity index (χ3n) is 4.49. The third-order valence-corrected chi connectivity index (χ3v) is 4.77. The van der Waals surface area contributed by atoms with Crippen LogP contribution in [0.4, 0.5) is 5.69 Å². The largest absolute Gasteiger partial charge is 0.506 e. The molecular weight excluding hydrogens is 328 g/mol. The number of anilines is 1. The average Bonchev–Trinajstić information content (AvgIpc) is 3.05. The van der Waals surface area contributed by atoms with Gasteiger partial charge in [-0.25, -0.2) is 0 Å². The number of phenols is 1. The Morgan fingerprint density at radius 2 is 1.83 bits per heavy atom. The van der Waals surface area contributed by atoms with Crippen LogP contribution in [-0.2, 0) is 6.54 Å². The van der Waals surface area contributed by atoms with Crippen LogP contribution in [0.1, 0.15) is 5.56 Å². The zero-order valence-corrected chi connectivity index (χ0v) is 14.0. The predicted molar refractivity (Wildman–Crippen MR) is 93.2 cm³/mol. The Hall–Kier alpha value is -2.11. The highest BCUT2D eigenvalue weighted by Gasteiger charge is 2.22. The van der Waals surface area contributed by atoms with Crippen molar-refractivity contribution in [2.75, 3.05) is 37.9 Å². The van der Waals surface area contributed by atoms with Crippen molar-refractivity contribution in [3.05, 3.63) is 47.0 Å². The first-order valence-corrected chi connectivity index (χ1v) is 8.42. The molecule has 0 radical (unpaired) electrons. The van der Waals surface area contributed by atoms with Crippen molar-refractivity contribution >= 4 is 17.3 Å². The molecule has 2 heterocycles. The minimum atomic E-state index is 0.234. The van der Waals surface area contributed by atoms with Crippen molar-refractivity contribution in [1.29, 1.82) is 0 Å². The van der Waals surface area contributed by atoms with Crippen LogP contribution in [0.5, 0.6) is 17.2 Å². The molecule has 0 aromatic heterocycles. The van der Waals surface area contributed by atoms with E-state index >= 15 is 0 Å². The van der Waals surface area contributed by atoms with Gasteiger partial charge in [-0.05, 0) is 29.8 Å². The Kier molecular flexibility index (Phi) is 4.12. The maximum Gasteiger partial charge on any atom is 0.231 e. The number of benzene rings is 2. The quantitative estimate of drug-likeness (QED) is 0.925. The number of piperazine rings is 1. The molecule has 1 fully saturated rings. The van der Waals surface area contributed by atoms with E-state index in [0.717, 1.165) is 49.7 Å². The molecule has 5 nitrogen and oxygen atoms in total. The number of hydrogen-bond acceptors (Lipinski definition) is 5. The van der Waals surface area contributed by atoms with Crippen molar-refractivity contribution in [2.24, 2.45) is 0 Å². The number of phenolic OH excluding ortho intramolecular Hbond substituents is 1. The van der Waals surface area contributed by atoms with Crippen LogP contribution in [0.15, 0.2) is 36.4 Å². The molecular formula is C18H19ClN2O3. The lowest BCUT2D eigenvalue weighted by Gasteiger charge is -2.36. The van der Waals surface area contributed by atoms with Crippen molar-refractivity contribution in [2.45, 2.75) is 6.54 Å². The summed E-state index contributed by atoms with van der Waals surface area (Å²) in [5.74, 6) is 1.71. The van der Waals surface area contributed by atoms with Crippen LogP contribution in [0.25, 0.3) is 0 Å². The van der Waals surface area contributed by atoms with Crippen LogP contribution in [0.2, 0.25) is 5.02 Å². The summed E-state index contributed by atoms with van der Waals surface area (Å²) in [6.07, 6.45) is 0. The fourth-order valence-corrected chi connectivity index (χ4v) is 3.54. The molecule has 4 rings (SSSR count). The molecule has 0 saturated carbocycles. The van der Waals surface area contributed by atoms with Crippen molar-refractivity contribution in [3.8, 4) is 17.2 Å². The summed E-state index contributed by atoms with van der Waals surface area (Å²) in [4.78, 5) is 4.60. The van der Waals surface area contributed by atoms with Gasteiger partial charge in [0.05, 0.1) is 10.7 Å². The van der Waals surface area contributed by atoms with Gasteiger partial charge in [-0.2, -0.15) is 0 Å². The molecule has 0 bridgehead atoms. The first-order valence-electron chi connectivity index (χ1n) is 8.04. The Bertz CT molecular complexity index is 745. The van der Waals surface area contributed by atoms with E-state index in [4.69, 9.17) is 21.1 Å². The highest BCUT2D eigenvalue weighted by molar-refractivity contribution is 6.32. The molecule has 24 heavy (non-hydrogen) atoms. The topological polar surface area (TPSA) is 45.2 Å².